The van der Waals surface area contributed by atoms with Crippen LogP contribution in [-0.4, -0.2) is 23.9 Å². The lowest BCUT2D eigenvalue weighted by Gasteiger charge is -2.16. The Morgan fingerprint density at radius 1 is 1.13 bits per heavy atom. The van der Waals surface area contributed by atoms with Gasteiger partial charge in [0, 0.05) is 18.8 Å². The Morgan fingerprint density at radius 2 is 1.87 bits per heavy atom. The van der Waals surface area contributed by atoms with Gasteiger partial charge >= 0.3 is 0 Å². The minimum absolute atomic E-state index is 0.0867. The van der Waals surface area contributed by atoms with E-state index in [1.54, 1.807) is 0 Å². The highest BCUT2D eigenvalue weighted by Crippen LogP contribution is 2.22. The van der Waals surface area contributed by atoms with Gasteiger partial charge in [0.25, 0.3) is 0 Å². The average Bonchev–Trinajstić information content (AvgIpc) is 3.05. The number of aryl methyl sites for hydroxylation is 1. The molecule has 0 aromatic heterocycles. The van der Waals surface area contributed by atoms with E-state index in [2.05, 4.69) is 47.5 Å². The summed E-state index contributed by atoms with van der Waals surface area (Å²) in [6.07, 6.45) is 1.87. The highest BCUT2D eigenvalue weighted by molar-refractivity contribution is 5.93. The second-order valence-electron chi connectivity index (χ2n) is 6.21. The molecule has 120 valence electrons. The fraction of sp³-hybridized carbons (Fsp3) is 0.350. The van der Waals surface area contributed by atoms with Gasteiger partial charge in [-0.1, -0.05) is 55.5 Å². The normalized spacial score (nSPS) is 18.0. The zero-order valence-electron chi connectivity index (χ0n) is 13.7. The van der Waals surface area contributed by atoms with E-state index in [1.165, 1.54) is 11.1 Å². The van der Waals surface area contributed by atoms with Gasteiger partial charge in [0.1, 0.15) is 0 Å². The Balaban J connectivity index is 1.57. The van der Waals surface area contributed by atoms with Gasteiger partial charge in [-0.05, 0) is 36.6 Å². The first-order valence-electron chi connectivity index (χ1n) is 8.41. The van der Waals surface area contributed by atoms with Gasteiger partial charge in [0.2, 0.25) is 5.91 Å². The van der Waals surface area contributed by atoms with Crippen molar-refractivity contribution < 1.29 is 4.79 Å². The van der Waals surface area contributed by atoms with Crippen LogP contribution in [0.4, 0.5) is 5.69 Å². The van der Waals surface area contributed by atoms with Crippen LogP contribution in [0.15, 0.2) is 54.6 Å². The second-order valence-corrected chi connectivity index (χ2v) is 6.21. The number of nitrogens with one attached hydrogen (secondary N) is 1. The first-order chi connectivity index (χ1) is 11.3. The molecule has 1 N–H and O–H groups in total. The molecule has 1 fully saturated rings. The van der Waals surface area contributed by atoms with Crippen LogP contribution in [0.3, 0.4) is 0 Å². The predicted octanol–water partition coefficient (Wildman–Crippen LogP) is 3.71. The minimum atomic E-state index is 0.0867. The zero-order chi connectivity index (χ0) is 16.1. The highest BCUT2D eigenvalue weighted by Gasteiger charge is 2.28. The molecule has 3 nitrogen and oxygen atoms in total. The van der Waals surface area contributed by atoms with Crippen LogP contribution in [0.25, 0.3) is 0 Å². The Kier molecular flexibility index (Phi) is 5.09. The zero-order valence-corrected chi connectivity index (χ0v) is 13.7. The Labute approximate surface area is 138 Å². The van der Waals surface area contributed by atoms with E-state index < -0.39 is 0 Å². The fourth-order valence-electron chi connectivity index (χ4n) is 3.22. The lowest BCUT2D eigenvalue weighted by molar-refractivity contribution is -0.119. The van der Waals surface area contributed by atoms with Gasteiger partial charge in [0.05, 0.1) is 5.92 Å². The van der Waals surface area contributed by atoms with E-state index in [4.69, 9.17) is 0 Å². The summed E-state index contributed by atoms with van der Waals surface area (Å²) in [7, 11) is 0. The number of carbonyl (C=O) groups excluding carboxylic acids is 1. The molecule has 1 aliphatic heterocycles. The maximum atomic E-state index is 12.5. The number of anilines is 1. The van der Waals surface area contributed by atoms with Crippen LogP contribution < -0.4 is 5.32 Å². The second kappa shape index (κ2) is 7.42. The smallest absolute Gasteiger partial charge is 0.228 e. The van der Waals surface area contributed by atoms with Crippen LogP contribution in [0.1, 0.15) is 24.5 Å². The lowest BCUT2D eigenvalue weighted by Crippen LogP contribution is -2.27. The molecule has 0 aliphatic carbocycles. The van der Waals surface area contributed by atoms with E-state index in [0.717, 1.165) is 38.2 Å². The van der Waals surface area contributed by atoms with E-state index in [-0.39, 0.29) is 11.8 Å². The van der Waals surface area contributed by atoms with Crippen molar-refractivity contribution >= 4 is 11.6 Å². The standard InChI is InChI=1S/C20H24N2O/c1-2-17-10-6-7-11-19(17)21-20(23)18-12-13-22(15-18)14-16-8-4-3-5-9-16/h3-11,18H,2,12-15H2,1H3,(H,21,23). The number of nitrogens with zero attached hydrogens (tertiary/aromatic N) is 1. The van der Waals surface area contributed by atoms with E-state index in [0.29, 0.717) is 0 Å². The number of hydrogen-bond donors (Lipinski definition) is 1. The molecule has 1 heterocycles. The number of benzene rings is 2. The lowest BCUT2D eigenvalue weighted by atomic mass is 10.1. The molecule has 1 aliphatic rings. The van der Waals surface area contributed by atoms with Gasteiger partial charge in [-0.3, -0.25) is 9.69 Å². The van der Waals surface area contributed by atoms with Crippen molar-refractivity contribution in [3.63, 3.8) is 0 Å². The summed E-state index contributed by atoms with van der Waals surface area (Å²) in [4.78, 5) is 14.9. The van der Waals surface area contributed by atoms with Gasteiger partial charge < -0.3 is 5.32 Å². The first kappa shape index (κ1) is 15.8. The van der Waals surface area contributed by atoms with Crippen molar-refractivity contribution in [2.45, 2.75) is 26.3 Å². The monoisotopic (exact) mass is 308 g/mol. The van der Waals surface area contributed by atoms with Crippen molar-refractivity contribution in [3.05, 3.63) is 65.7 Å². The molecule has 3 rings (SSSR count). The van der Waals surface area contributed by atoms with Crippen LogP contribution in [-0.2, 0) is 17.8 Å². The Bertz CT molecular complexity index is 654. The molecule has 1 atom stereocenters. The van der Waals surface area contributed by atoms with Crippen molar-refractivity contribution in [1.82, 2.24) is 4.90 Å². The molecule has 1 amide bonds. The highest BCUT2D eigenvalue weighted by atomic mass is 16.1. The van der Waals surface area contributed by atoms with E-state index in [1.807, 2.05) is 24.3 Å². The predicted molar refractivity (Wildman–Crippen MR) is 94.3 cm³/mol. The van der Waals surface area contributed by atoms with Crippen LogP contribution in [0, 0.1) is 5.92 Å². The van der Waals surface area contributed by atoms with Crippen molar-refractivity contribution in [1.29, 1.82) is 0 Å². The number of carbonyl (C=O) groups is 1. The minimum Gasteiger partial charge on any atom is -0.326 e. The van der Waals surface area contributed by atoms with Crippen molar-refractivity contribution in [2.24, 2.45) is 5.92 Å². The Hall–Kier alpha value is -2.13. The quantitative estimate of drug-likeness (QED) is 0.913. The SMILES string of the molecule is CCc1ccccc1NC(=O)C1CCN(Cc2ccccc2)C1. The van der Waals surface area contributed by atoms with Crippen LogP contribution >= 0.6 is 0 Å². The van der Waals surface area contributed by atoms with Gasteiger partial charge in [-0.2, -0.15) is 0 Å². The first-order valence-corrected chi connectivity index (χ1v) is 8.41. The van der Waals surface area contributed by atoms with Gasteiger partial charge in [0.15, 0.2) is 0 Å². The number of likely N-dealkylation sites (tertiary alicyclic amines) is 1. The summed E-state index contributed by atoms with van der Waals surface area (Å²) in [5.41, 5.74) is 3.46. The van der Waals surface area contributed by atoms with Gasteiger partial charge in [-0.25, -0.2) is 0 Å². The summed E-state index contributed by atoms with van der Waals surface area (Å²) < 4.78 is 0. The molecule has 0 bridgehead atoms. The number of hydrogen-bond acceptors (Lipinski definition) is 2. The molecule has 3 heteroatoms. The molecular formula is C20H24N2O. The average molecular weight is 308 g/mol. The summed E-state index contributed by atoms with van der Waals surface area (Å²) >= 11 is 0. The third kappa shape index (κ3) is 3.99. The summed E-state index contributed by atoms with van der Waals surface area (Å²) in [5.74, 6) is 0.241. The maximum absolute atomic E-state index is 12.5. The fourth-order valence-corrected chi connectivity index (χ4v) is 3.22. The van der Waals surface area contributed by atoms with Crippen LogP contribution in [0.5, 0.6) is 0 Å². The van der Waals surface area contributed by atoms with Gasteiger partial charge in [-0.15, -0.1) is 0 Å². The van der Waals surface area contributed by atoms with E-state index >= 15 is 0 Å². The number of amides is 1. The Morgan fingerprint density at radius 3 is 2.65 bits per heavy atom. The van der Waals surface area contributed by atoms with Crippen molar-refractivity contribution in [2.75, 3.05) is 18.4 Å². The number of para-hydroxylation sites is 1. The van der Waals surface area contributed by atoms with Crippen LogP contribution in [0.2, 0.25) is 0 Å². The molecular weight excluding hydrogens is 284 g/mol. The largest absolute Gasteiger partial charge is 0.326 e. The molecule has 1 unspecified atom stereocenters. The molecule has 0 spiro atoms. The molecule has 1 saturated heterocycles. The third-order valence-corrected chi connectivity index (χ3v) is 4.55. The maximum Gasteiger partial charge on any atom is 0.228 e. The summed E-state index contributed by atoms with van der Waals surface area (Å²) in [6, 6.07) is 18.5. The summed E-state index contributed by atoms with van der Waals surface area (Å²) in [6.45, 7) is 4.87. The van der Waals surface area contributed by atoms with E-state index in [9.17, 15) is 4.79 Å². The molecule has 2 aromatic rings. The van der Waals surface area contributed by atoms with Crippen molar-refractivity contribution in [3.8, 4) is 0 Å². The molecule has 2 aromatic carbocycles. The summed E-state index contributed by atoms with van der Waals surface area (Å²) in [5, 5.41) is 3.12. The number of rotatable bonds is 5. The molecule has 0 radical (unpaired) electrons. The third-order valence-electron chi connectivity index (χ3n) is 4.55. The topological polar surface area (TPSA) is 32.3 Å². The molecule has 0 saturated carbocycles. The molecule has 23 heavy (non-hydrogen) atoms.